The molecule has 8 heteroatoms. The minimum Gasteiger partial charge on any atom is -0.331 e. The van der Waals surface area contributed by atoms with Crippen LogP contribution in [0.3, 0.4) is 0 Å². The van der Waals surface area contributed by atoms with Gasteiger partial charge in [0.2, 0.25) is 0 Å². The van der Waals surface area contributed by atoms with Crippen LogP contribution < -0.4 is 10.6 Å². The summed E-state index contributed by atoms with van der Waals surface area (Å²) in [5.41, 5.74) is 3.91. The van der Waals surface area contributed by atoms with Crippen LogP contribution in [0.15, 0.2) is 42.5 Å². The highest BCUT2D eigenvalue weighted by molar-refractivity contribution is 7.80. The predicted molar refractivity (Wildman–Crippen MR) is 114 cm³/mol. The SMILES string of the molecule is Cc1nn(Cc2cccc(F)c2)c(C)c1NC(=S)Nc1cccc(Cl)c1Cl. The molecule has 0 fully saturated rings. The van der Waals surface area contributed by atoms with Crippen LogP contribution in [0.25, 0.3) is 0 Å². The quantitative estimate of drug-likeness (QED) is 0.521. The Kier molecular flexibility index (Phi) is 5.99. The van der Waals surface area contributed by atoms with E-state index in [2.05, 4.69) is 15.7 Å². The van der Waals surface area contributed by atoms with Crippen LogP contribution in [0.1, 0.15) is 17.0 Å². The molecular formula is C19H17Cl2FN4S. The molecule has 0 aliphatic carbocycles. The van der Waals surface area contributed by atoms with Crippen molar-refractivity contribution in [2.75, 3.05) is 10.6 Å². The maximum Gasteiger partial charge on any atom is 0.175 e. The molecule has 0 aliphatic heterocycles. The van der Waals surface area contributed by atoms with E-state index in [1.165, 1.54) is 12.1 Å². The summed E-state index contributed by atoms with van der Waals surface area (Å²) in [6.45, 7) is 4.27. The highest BCUT2D eigenvalue weighted by Crippen LogP contribution is 2.30. The number of halogens is 3. The lowest BCUT2D eigenvalue weighted by Gasteiger charge is -2.13. The monoisotopic (exact) mass is 422 g/mol. The largest absolute Gasteiger partial charge is 0.331 e. The number of aromatic nitrogens is 2. The van der Waals surface area contributed by atoms with Crippen LogP contribution in [0, 0.1) is 19.7 Å². The lowest BCUT2D eigenvalue weighted by molar-refractivity contribution is 0.616. The van der Waals surface area contributed by atoms with Gasteiger partial charge in [-0.25, -0.2) is 4.39 Å². The van der Waals surface area contributed by atoms with Gasteiger partial charge in [-0.15, -0.1) is 0 Å². The van der Waals surface area contributed by atoms with Crippen LogP contribution in [0.4, 0.5) is 15.8 Å². The van der Waals surface area contributed by atoms with Gasteiger partial charge in [-0.2, -0.15) is 5.10 Å². The second kappa shape index (κ2) is 8.25. The Bertz CT molecular complexity index is 1000. The molecule has 0 aliphatic rings. The van der Waals surface area contributed by atoms with E-state index < -0.39 is 0 Å². The second-order valence-corrected chi connectivity index (χ2v) is 7.21. The van der Waals surface area contributed by atoms with Crippen LogP contribution in [0.2, 0.25) is 10.0 Å². The van der Waals surface area contributed by atoms with Gasteiger partial charge in [-0.3, -0.25) is 4.68 Å². The van der Waals surface area contributed by atoms with Gasteiger partial charge in [0.05, 0.1) is 39.4 Å². The summed E-state index contributed by atoms with van der Waals surface area (Å²) in [5.74, 6) is -0.267. The van der Waals surface area contributed by atoms with Gasteiger partial charge >= 0.3 is 0 Å². The first-order valence-electron chi connectivity index (χ1n) is 8.15. The van der Waals surface area contributed by atoms with Crippen molar-refractivity contribution >= 4 is 51.9 Å². The molecule has 4 nitrogen and oxygen atoms in total. The van der Waals surface area contributed by atoms with Crippen molar-refractivity contribution in [1.29, 1.82) is 0 Å². The fourth-order valence-corrected chi connectivity index (χ4v) is 3.27. The number of hydrogen-bond donors (Lipinski definition) is 2. The maximum atomic E-state index is 13.4. The predicted octanol–water partition coefficient (Wildman–Crippen LogP) is 5.80. The number of rotatable bonds is 4. The first-order chi connectivity index (χ1) is 12.8. The van der Waals surface area contributed by atoms with Gasteiger partial charge in [0.1, 0.15) is 5.82 Å². The second-order valence-electron chi connectivity index (χ2n) is 6.01. The molecule has 1 aromatic heterocycles. The van der Waals surface area contributed by atoms with Crippen molar-refractivity contribution < 1.29 is 4.39 Å². The van der Waals surface area contributed by atoms with Crippen LogP contribution in [-0.4, -0.2) is 14.9 Å². The minimum absolute atomic E-state index is 0.267. The van der Waals surface area contributed by atoms with E-state index in [9.17, 15) is 4.39 Å². The topological polar surface area (TPSA) is 41.9 Å². The summed E-state index contributed by atoms with van der Waals surface area (Å²) in [6, 6.07) is 11.7. The summed E-state index contributed by atoms with van der Waals surface area (Å²) >= 11 is 17.6. The molecule has 27 heavy (non-hydrogen) atoms. The number of hydrogen-bond acceptors (Lipinski definition) is 2. The van der Waals surface area contributed by atoms with Gasteiger partial charge in [0.25, 0.3) is 0 Å². The summed E-state index contributed by atoms with van der Waals surface area (Å²) in [5, 5.41) is 11.9. The standard InChI is InChI=1S/C19H17Cl2FN4S/c1-11-18(24-19(27)23-16-8-4-7-15(20)17(16)21)12(2)26(25-11)10-13-5-3-6-14(22)9-13/h3-9H,10H2,1-2H3,(H2,23,24,27). The molecule has 0 saturated carbocycles. The number of nitrogens with zero attached hydrogens (tertiary/aromatic N) is 2. The number of aryl methyl sites for hydroxylation is 1. The lowest BCUT2D eigenvalue weighted by atomic mass is 10.2. The Balaban J connectivity index is 1.76. The van der Waals surface area contributed by atoms with Gasteiger partial charge in [-0.05, 0) is 55.9 Å². The average Bonchev–Trinajstić information content (AvgIpc) is 2.86. The lowest BCUT2D eigenvalue weighted by Crippen LogP contribution is -2.20. The zero-order chi connectivity index (χ0) is 19.6. The van der Waals surface area contributed by atoms with E-state index in [0.29, 0.717) is 27.4 Å². The fourth-order valence-electron chi connectivity index (χ4n) is 2.71. The van der Waals surface area contributed by atoms with E-state index in [1.807, 2.05) is 19.9 Å². The Labute approximate surface area is 172 Å². The molecule has 0 saturated heterocycles. The van der Waals surface area contributed by atoms with Crippen molar-refractivity contribution in [2.45, 2.75) is 20.4 Å². The van der Waals surface area contributed by atoms with Crippen LogP contribution in [0.5, 0.6) is 0 Å². The van der Waals surface area contributed by atoms with Gasteiger partial charge in [0.15, 0.2) is 5.11 Å². The van der Waals surface area contributed by atoms with E-state index >= 15 is 0 Å². The third-order valence-corrected chi connectivity index (χ3v) is 5.06. The molecule has 140 valence electrons. The number of thiocarbonyl (C=S) groups is 1. The third-order valence-electron chi connectivity index (χ3n) is 4.04. The molecule has 0 spiro atoms. The molecule has 3 rings (SSSR count). The van der Waals surface area contributed by atoms with Crippen molar-refractivity contribution in [3.63, 3.8) is 0 Å². The minimum atomic E-state index is -0.267. The summed E-state index contributed by atoms with van der Waals surface area (Å²) in [7, 11) is 0. The molecular weight excluding hydrogens is 406 g/mol. The molecule has 2 N–H and O–H groups in total. The number of nitrogens with one attached hydrogen (secondary N) is 2. The maximum absolute atomic E-state index is 13.4. The van der Waals surface area contributed by atoms with Crippen LogP contribution >= 0.6 is 35.4 Å². The Morgan fingerprint density at radius 2 is 1.89 bits per heavy atom. The average molecular weight is 423 g/mol. The Morgan fingerprint density at radius 1 is 1.15 bits per heavy atom. The van der Waals surface area contributed by atoms with Crippen molar-refractivity contribution in [3.05, 3.63) is 75.3 Å². The first kappa shape index (κ1) is 19.6. The van der Waals surface area contributed by atoms with Crippen molar-refractivity contribution in [1.82, 2.24) is 9.78 Å². The zero-order valence-electron chi connectivity index (χ0n) is 14.7. The van der Waals surface area contributed by atoms with E-state index in [1.54, 1.807) is 28.9 Å². The number of anilines is 2. The summed E-state index contributed by atoms with van der Waals surface area (Å²) in [4.78, 5) is 0. The van der Waals surface area contributed by atoms with Crippen LogP contribution in [-0.2, 0) is 6.54 Å². The van der Waals surface area contributed by atoms with Gasteiger partial charge in [-0.1, -0.05) is 41.4 Å². The third kappa shape index (κ3) is 4.58. The van der Waals surface area contributed by atoms with Crippen molar-refractivity contribution in [3.8, 4) is 0 Å². The zero-order valence-corrected chi connectivity index (χ0v) is 17.0. The molecule has 2 aromatic carbocycles. The molecule has 0 unspecified atom stereocenters. The first-order valence-corrected chi connectivity index (χ1v) is 9.32. The molecule has 0 amide bonds. The van der Waals surface area contributed by atoms with E-state index in [0.717, 1.165) is 22.6 Å². The molecule has 1 heterocycles. The summed E-state index contributed by atoms with van der Waals surface area (Å²) < 4.78 is 15.2. The smallest absolute Gasteiger partial charge is 0.175 e. The Hall–Kier alpha value is -2.15. The normalized spacial score (nSPS) is 10.7. The number of benzene rings is 2. The van der Waals surface area contributed by atoms with Gasteiger partial charge in [0, 0.05) is 0 Å². The highest BCUT2D eigenvalue weighted by Gasteiger charge is 2.14. The Morgan fingerprint density at radius 3 is 2.63 bits per heavy atom. The highest BCUT2D eigenvalue weighted by atomic mass is 35.5. The van der Waals surface area contributed by atoms with E-state index in [-0.39, 0.29) is 5.82 Å². The molecule has 0 atom stereocenters. The molecule has 0 radical (unpaired) electrons. The fraction of sp³-hybridized carbons (Fsp3) is 0.158. The van der Waals surface area contributed by atoms with E-state index in [4.69, 9.17) is 35.4 Å². The molecule has 0 bridgehead atoms. The molecule has 3 aromatic rings. The van der Waals surface area contributed by atoms with Crippen molar-refractivity contribution in [2.24, 2.45) is 0 Å². The summed E-state index contributed by atoms with van der Waals surface area (Å²) in [6.07, 6.45) is 0. The van der Waals surface area contributed by atoms with Gasteiger partial charge < -0.3 is 10.6 Å².